The molecule has 1 rings (SSSR count). The smallest absolute Gasteiger partial charge is 0.137 e. The van der Waals surface area contributed by atoms with Crippen molar-refractivity contribution in [3.63, 3.8) is 0 Å². The number of hydrogen-bond acceptors (Lipinski definition) is 3. The number of rotatable bonds is 7. The summed E-state index contributed by atoms with van der Waals surface area (Å²) >= 11 is 6.03. The van der Waals surface area contributed by atoms with Gasteiger partial charge in [0.1, 0.15) is 5.75 Å². The van der Waals surface area contributed by atoms with Crippen molar-refractivity contribution >= 4 is 11.6 Å². The maximum Gasteiger partial charge on any atom is 0.137 e. The maximum atomic E-state index is 9.10. The zero-order chi connectivity index (χ0) is 12.7. The zero-order valence-electron chi connectivity index (χ0n) is 10.4. The average Bonchev–Trinajstić information content (AvgIpc) is 2.28. The first-order valence-electron chi connectivity index (χ1n) is 5.84. The van der Waals surface area contributed by atoms with E-state index in [2.05, 4.69) is 5.32 Å². The highest BCUT2D eigenvalue weighted by Gasteiger charge is 2.01. The molecule has 0 radical (unpaired) electrons. The Hall–Kier alpha value is -0.770. The van der Waals surface area contributed by atoms with Crippen LogP contribution in [0.3, 0.4) is 0 Å². The Morgan fingerprint density at radius 2 is 2.24 bits per heavy atom. The first kappa shape index (κ1) is 14.3. The minimum atomic E-state index is -0.216. The molecular weight excluding hydrogens is 238 g/mol. The van der Waals surface area contributed by atoms with E-state index in [1.807, 2.05) is 25.1 Å². The third kappa shape index (κ3) is 5.39. The molecule has 0 aliphatic heterocycles. The molecule has 1 aromatic rings. The minimum Gasteiger partial charge on any atom is -0.495 e. The number of ether oxygens (including phenoxy) is 1. The third-order valence-corrected chi connectivity index (χ3v) is 2.82. The molecule has 1 unspecified atom stereocenters. The van der Waals surface area contributed by atoms with Crippen LogP contribution in [0.15, 0.2) is 18.2 Å². The standard InChI is InChI=1S/C13H20ClNO2/c1-10(16)4-3-7-15-9-11-5-6-13(17-2)12(14)8-11/h5-6,8,10,15-16H,3-4,7,9H2,1-2H3. The van der Waals surface area contributed by atoms with Gasteiger partial charge in [-0.05, 0) is 44.0 Å². The molecule has 0 bridgehead atoms. The van der Waals surface area contributed by atoms with Gasteiger partial charge in [0, 0.05) is 6.54 Å². The number of aliphatic hydroxyl groups is 1. The molecule has 0 saturated heterocycles. The molecule has 3 nitrogen and oxygen atoms in total. The van der Waals surface area contributed by atoms with Crippen molar-refractivity contribution in [2.24, 2.45) is 0 Å². The molecular formula is C13H20ClNO2. The number of aliphatic hydroxyl groups excluding tert-OH is 1. The normalized spacial score (nSPS) is 12.5. The Morgan fingerprint density at radius 3 is 2.82 bits per heavy atom. The number of halogens is 1. The molecule has 1 aromatic carbocycles. The fourth-order valence-electron chi connectivity index (χ4n) is 1.58. The van der Waals surface area contributed by atoms with Gasteiger partial charge in [-0.1, -0.05) is 17.7 Å². The van der Waals surface area contributed by atoms with Crippen molar-refractivity contribution in [1.29, 1.82) is 0 Å². The molecule has 0 aromatic heterocycles. The second kappa shape index (κ2) is 7.54. The van der Waals surface area contributed by atoms with Crippen molar-refractivity contribution in [3.8, 4) is 5.75 Å². The predicted octanol–water partition coefficient (Wildman–Crippen LogP) is 2.60. The van der Waals surface area contributed by atoms with Gasteiger partial charge in [-0.25, -0.2) is 0 Å². The first-order valence-corrected chi connectivity index (χ1v) is 6.22. The quantitative estimate of drug-likeness (QED) is 0.738. The number of methoxy groups -OCH3 is 1. The lowest BCUT2D eigenvalue weighted by Crippen LogP contribution is -2.16. The lowest BCUT2D eigenvalue weighted by atomic mass is 10.2. The van der Waals surface area contributed by atoms with Crippen LogP contribution in [0.25, 0.3) is 0 Å². The Balaban J connectivity index is 2.30. The van der Waals surface area contributed by atoms with Gasteiger partial charge < -0.3 is 15.2 Å². The summed E-state index contributed by atoms with van der Waals surface area (Å²) in [4.78, 5) is 0. The Labute approximate surface area is 108 Å². The minimum absolute atomic E-state index is 0.216. The fourth-order valence-corrected chi connectivity index (χ4v) is 1.86. The van der Waals surface area contributed by atoms with E-state index in [9.17, 15) is 0 Å². The lowest BCUT2D eigenvalue weighted by Gasteiger charge is -2.08. The molecule has 0 amide bonds. The molecule has 4 heteroatoms. The molecule has 0 spiro atoms. The summed E-state index contributed by atoms with van der Waals surface area (Å²) in [5, 5.41) is 13.0. The predicted molar refractivity (Wildman–Crippen MR) is 70.6 cm³/mol. The van der Waals surface area contributed by atoms with E-state index in [1.165, 1.54) is 0 Å². The third-order valence-electron chi connectivity index (χ3n) is 2.52. The maximum absolute atomic E-state index is 9.10. The van der Waals surface area contributed by atoms with Crippen LogP contribution in [0, 0.1) is 0 Å². The van der Waals surface area contributed by atoms with Crippen LogP contribution in [-0.2, 0) is 6.54 Å². The number of hydrogen-bond donors (Lipinski definition) is 2. The summed E-state index contributed by atoms with van der Waals surface area (Å²) in [6.45, 7) is 3.49. The monoisotopic (exact) mass is 257 g/mol. The van der Waals surface area contributed by atoms with E-state index in [1.54, 1.807) is 7.11 Å². The SMILES string of the molecule is COc1ccc(CNCCCC(C)O)cc1Cl. The van der Waals surface area contributed by atoms with Crippen LogP contribution in [0.2, 0.25) is 5.02 Å². The van der Waals surface area contributed by atoms with E-state index in [0.717, 1.165) is 31.5 Å². The largest absolute Gasteiger partial charge is 0.495 e. The zero-order valence-corrected chi connectivity index (χ0v) is 11.1. The van der Waals surface area contributed by atoms with Crippen LogP contribution in [0.4, 0.5) is 0 Å². The number of benzene rings is 1. The molecule has 0 fully saturated rings. The topological polar surface area (TPSA) is 41.5 Å². The van der Waals surface area contributed by atoms with E-state index < -0.39 is 0 Å². The molecule has 0 saturated carbocycles. The van der Waals surface area contributed by atoms with Crippen LogP contribution < -0.4 is 10.1 Å². The molecule has 0 aliphatic carbocycles. The van der Waals surface area contributed by atoms with E-state index in [-0.39, 0.29) is 6.10 Å². The van der Waals surface area contributed by atoms with Crippen molar-refractivity contribution in [2.75, 3.05) is 13.7 Å². The van der Waals surface area contributed by atoms with Crippen molar-refractivity contribution in [2.45, 2.75) is 32.4 Å². The van der Waals surface area contributed by atoms with Crippen LogP contribution in [0.1, 0.15) is 25.3 Å². The Morgan fingerprint density at radius 1 is 1.47 bits per heavy atom. The van der Waals surface area contributed by atoms with Crippen LogP contribution >= 0.6 is 11.6 Å². The van der Waals surface area contributed by atoms with Crippen molar-refractivity contribution in [3.05, 3.63) is 28.8 Å². The van der Waals surface area contributed by atoms with Gasteiger partial charge in [0.05, 0.1) is 18.2 Å². The Kier molecular flexibility index (Phi) is 6.34. The molecule has 0 aliphatic rings. The first-order chi connectivity index (χ1) is 8.13. The molecule has 96 valence electrons. The van der Waals surface area contributed by atoms with E-state index in [4.69, 9.17) is 21.4 Å². The van der Waals surface area contributed by atoms with Crippen molar-refractivity contribution in [1.82, 2.24) is 5.32 Å². The number of nitrogens with one attached hydrogen (secondary N) is 1. The summed E-state index contributed by atoms with van der Waals surface area (Å²) in [6.07, 6.45) is 1.59. The van der Waals surface area contributed by atoms with Gasteiger partial charge in [-0.15, -0.1) is 0 Å². The van der Waals surface area contributed by atoms with E-state index >= 15 is 0 Å². The summed E-state index contributed by atoms with van der Waals surface area (Å²) < 4.78 is 5.09. The average molecular weight is 258 g/mol. The van der Waals surface area contributed by atoms with Crippen LogP contribution in [0.5, 0.6) is 5.75 Å². The lowest BCUT2D eigenvalue weighted by molar-refractivity contribution is 0.181. The van der Waals surface area contributed by atoms with Gasteiger partial charge in [0.2, 0.25) is 0 Å². The summed E-state index contributed by atoms with van der Waals surface area (Å²) in [6, 6.07) is 5.77. The summed E-state index contributed by atoms with van der Waals surface area (Å²) in [5.74, 6) is 0.699. The summed E-state index contributed by atoms with van der Waals surface area (Å²) in [7, 11) is 1.61. The highest BCUT2D eigenvalue weighted by atomic mass is 35.5. The molecule has 0 heterocycles. The molecule has 2 N–H and O–H groups in total. The highest BCUT2D eigenvalue weighted by Crippen LogP contribution is 2.24. The van der Waals surface area contributed by atoms with Gasteiger partial charge in [-0.3, -0.25) is 0 Å². The molecule has 17 heavy (non-hydrogen) atoms. The van der Waals surface area contributed by atoms with E-state index in [0.29, 0.717) is 10.8 Å². The molecule has 1 atom stereocenters. The summed E-state index contributed by atoms with van der Waals surface area (Å²) in [5.41, 5.74) is 1.13. The van der Waals surface area contributed by atoms with Gasteiger partial charge >= 0.3 is 0 Å². The second-order valence-corrected chi connectivity index (χ2v) is 4.54. The van der Waals surface area contributed by atoms with Gasteiger partial charge in [-0.2, -0.15) is 0 Å². The van der Waals surface area contributed by atoms with Crippen LogP contribution in [-0.4, -0.2) is 24.9 Å². The van der Waals surface area contributed by atoms with Gasteiger partial charge in [0.15, 0.2) is 0 Å². The Bertz CT molecular complexity index is 342. The van der Waals surface area contributed by atoms with Gasteiger partial charge in [0.25, 0.3) is 0 Å². The second-order valence-electron chi connectivity index (χ2n) is 4.14. The fraction of sp³-hybridized carbons (Fsp3) is 0.538. The highest BCUT2D eigenvalue weighted by molar-refractivity contribution is 6.32. The van der Waals surface area contributed by atoms with Crippen molar-refractivity contribution < 1.29 is 9.84 Å².